The molecule has 0 aliphatic carbocycles. The van der Waals surface area contributed by atoms with E-state index in [2.05, 4.69) is 0 Å². The predicted molar refractivity (Wildman–Crippen MR) is 170 cm³/mol. The van der Waals surface area contributed by atoms with Crippen LogP contribution in [0, 0.1) is 35.5 Å². The van der Waals surface area contributed by atoms with Crippen LogP contribution in [0.15, 0.2) is 47.3 Å². The first-order valence-corrected chi connectivity index (χ1v) is 15.9. The fraction of sp³-hybridized carbons (Fsp3) is 0.743. The first-order chi connectivity index (χ1) is 20.5. The van der Waals surface area contributed by atoms with Gasteiger partial charge in [0.15, 0.2) is 5.79 Å². The van der Waals surface area contributed by atoms with Crippen molar-refractivity contribution < 1.29 is 44.2 Å². The summed E-state index contributed by atoms with van der Waals surface area (Å²) in [7, 11) is 2.87. The van der Waals surface area contributed by atoms with Gasteiger partial charge in [-0.3, -0.25) is 0 Å². The van der Waals surface area contributed by atoms with Crippen molar-refractivity contribution >= 4 is 5.97 Å². The minimum absolute atomic E-state index is 0.00492. The van der Waals surface area contributed by atoms with Crippen molar-refractivity contribution in [2.75, 3.05) is 14.2 Å². The van der Waals surface area contributed by atoms with E-state index in [1.807, 2.05) is 66.7 Å². The highest BCUT2D eigenvalue weighted by molar-refractivity contribution is 5.87. The number of allylic oxidation sites excluding steroid dienone is 5. The van der Waals surface area contributed by atoms with Gasteiger partial charge in [-0.05, 0) is 38.2 Å². The normalized spacial score (nSPS) is 41.2. The smallest absolute Gasteiger partial charge is 0.373 e. The minimum Gasteiger partial charge on any atom is -0.490 e. The molecule has 12 atom stereocenters. The van der Waals surface area contributed by atoms with Crippen molar-refractivity contribution in [2.45, 2.75) is 118 Å². The Labute approximate surface area is 264 Å². The van der Waals surface area contributed by atoms with Crippen LogP contribution < -0.4 is 0 Å². The number of cyclic esters (lactones) is 1. The van der Waals surface area contributed by atoms with E-state index in [0.29, 0.717) is 6.42 Å². The standard InChI is InChI=1S/C35H58O9/c1-19(2)32-24(7)27(36)18-35(40,44-32)26(9)31(38)25(8)33-28(41-10)14-12-13-20(3)15-22(5)30(37)23(6)16-21(4)17-29(42-11)34(39)43-33/h12-14,16-17,19,22-28,30-33,36-38,40H,15,18H2,1-11H3/b14-12-,20-13+,21-16+,29-17-/t22-,23+,24-,25-,26-,27+,28-,30-,31+,32?,33?,35+/m0/s1. The Morgan fingerprint density at radius 3 is 2.25 bits per heavy atom. The Hall–Kier alpha value is -2.01. The summed E-state index contributed by atoms with van der Waals surface area (Å²) in [6, 6.07) is 0. The van der Waals surface area contributed by atoms with Gasteiger partial charge in [-0.2, -0.15) is 0 Å². The number of rotatable bonds is 7. The van der Waals surface area contributed by atoms with Gasteiger partial charge in [-0.25, -0.2) is 4.79 Å². The molecule has 0 bridgehead atoms. The van der Waals surface area contributed by atoms with E-state index in [4.69, 9.17) is 18.9 Å². The SMILES string of the molecule is CO/C1=C\C(C)=C\[C@@H](C)[C@@H](O)[C@@H](C)C/C(C)=C/C=C\[C@H](OC)C([C@@H](C)[C@@H](O)[C@H](C)[C@@]2(O)C[C@@H](O)[C@H](C)C(C(C)C)O2)OC1=O. The monoisotopic (exact) mass is 622 g/mol. The molecule has 0 aromatic heterocycles. The van der Waals surface area contributed by atoms with Gasteiger partial charge in [0.05, 0.1) is 31.5 Å². The molecule has 252 valence electrons. The molecule has 2 heterocycles. The van der Waals surface area contributed by atoms with Crippen LogP contribution in [0.2, 0.25) is 0 Å². The number of esters is 1. The van der Waals surface area contributed by atoms with Crippen molar-refractivity contribution in [3.8, 4) is 0 Å². The molecule has 0 spiro atoms. The van der Waals surface area contributed by atoms with Crippen LogP contribution in [0.4, 0.5) is 0 Å². The maximum Gasteiger partial charge on any atom is 0.373 e. The Kier molecular flexibility index (Phi) is 14.3. The second kappa shape index (κ2) is 16.5. The fourth-order valence-corrected chi connectivity index (χ4v) is 6.54. The Morgan fingerprint density at radius 2 is 1.68 bits per heavy atom. The second-order valence-electron chi connectivity index (χ2n) is 13.6. The number of aliphatic hydroxyl groups is 4. The van der Waals surface area contributed by atoms with E-state index in [9.17, 15) is 25.2 Å². The Morgan fingerprint density at radius 1 is 1.05 bits per heavy atom. The molecule has 2 aliphatic rings. The number of hydrogen-bond acceptors (Lipinski definition) is 9. The largest absolute Gasteiger partial charge is 0.490 e. The highest BCUT2D eigenvalue weighted by atomic mass is 16.6. The Bertz CT molecular complexity index is 1060. The number of aliphatic hydroxyl groups excluding tert-OH is 3. The lowest BCUT2D eigenvalue weighted by Crippen LogP contribution is -2.59. The molecule has 0 amide bonds. The molecule has 1 saturated heterocycles. The van der Waals surface area contributed by atoms with Gasteiger partial charge in [0.2, 0.25) is 5.76 Å². The van der Waals surface area contributed by atoms with E-state index in [-0.39, 0.29) is 35.9 Å². The third-order valence-corrected chi connectivity index (χ3v) is 9.50. The summed E-state index contributed by atoms with van der Waals surface area (Å²) in [5, 5.41) is 45.0. The van der Waals surface area contributed by atoms with Crippen LogP contribution in [0.1, 0.15) is 75.2 Å². The number of carbonyl (C=O) groups is 1. The van der Waals surface area contributed by atoms with E-state index < -0.39 is 60.2 Å². The van der Waals surface area contributed by atoms with Crippen molar-refractivity contribution in [1.82, 2.24) is 0 Å². The summed E-state index contributed by atoms with van der Waals surface area (Å²) in [6.45, 7) is 17.0. The number of carbonyl (C=O) groups excluding carboxylic acids is 1. The molecule has 0 radical (unpaired) electrons. The lowest BCUT2D eigenvalue weighted by molar-refractivity contribution is -0.328. The van der Waals surface area contributed by atoms with Crippen LogP contribution >= 0.6 is 0 Å². The third kappa shape index (κ3) is 9.50. The topological polar surface area (TPSA) is 135 Å². The van der Waals surface area contributed by atoms with Crippen molar-refractivity contribution in [2.24, 2.45) is 35.5 Å². The summed E-state index contributed by atoms with van der Waals surface area (Å²) in [4.78, 5) is 13.5. The van der Waals surface area contributed by atoms with Gasteiger partial charge in [0.25, 0.3) is 0 Å². The molecule has 44 heavy (non-hydrogen) atoms. The highest BCUT2D eigenvalue weighted by Gasteiger charge is 2.51. The van der Waals surface area contributed by atoms with Gasteiger partial charge in [0, 0.05) is 37.2 Å². The highest BCUT2D eigenvalue weighted by Crippen LogP contribution is 2.41. The minimum atomic E-state index is -1.80. The van der Waals surface area contributed by atoms with Crippen molar-refractivity contribution in [1.29, 1.82) is 0 Å². The van der Waals surface area contributed by atoms with Gasteiger partial charge >= 0.3 is 5.97 Å². The maximum atomic E-state index is 13.5. The van der Waals surface area contributed by atoms with Gasteiger partial charge in [-0.1, -0.05) is 83.9 Å². The predicted octanol–water partition coefficient (Wildman–Crippen LogP) is 4.69. The Balaban J connectivity index is 2.52. The van der Waals surface area contributed by atoms with Gasteiger partial charge < -0.3 is 39.4 Å². The average molecular weight is 623 g/mol. The van der Waals surface area contributed by atoms with Crippen molar-refractivity contribution in [3.05, 3.63) is 47.3 Å². The zero-order chi connectivity index (χ0) is 33.5. The van der Waals surface area contributed by atoms with Gasteiger partial charge in [-0.15, -0.1) is 0 Å². The molecule has 2 aliphatic heterocycles. The molecule has 9 heteroatoms. The molecule has 2 rings (SSSR count). The summed E-state index contributed by atoms with van der Waals surface area (Å²) in [5.74, 6) is -4.49. The molecule has 9 nitrogen and oxygen atoms in total. The van der Waals surface area contributed by atoms with Crippen LogP contribution in [0.25, 0.3) is 0 Å². The zero-order valence-corrected chi connectivity index (χ0v) is 28.6. The number of ether oxygens (including phenoxy) is 4. The van der Waals surface area contributed by atoms with Crippen LogP contribution in [-0.2, 0) is 23.7 Å². The average Bonchev–Trinajstić information content (AvgIpc) is 2.96. The number of hydrogen-bond donors (Lipinski definition) is 4. The van der Waals surface area contributed by atoms with E-state index >= 15 is 0 Å². The molecule has 2 unspecified atom stereocenters. The molecule has 1 fully saturated rings. The fourth-order valence-electron chi connectivity index (χ4n) is 6.54. The molecule has 0 aromatic carbocycles. The molecular weight excluding hydrogens is 564 g/mol. The summed E-state index contributed by atoms with van der Waals surface area (Å²) in [5.41, 5.74) is 1.78. The molecule has 0 aromatic rings. The summed E-state index contributed by atoms with van der Waals surface area (Å²) in [6.07, 6.45) is 4.85. The second-order valence-corrected chi connectivity index (χ2v) is 13.6. The lowest BCUT2D eigenvalue weighted by atomic mass is 9.76. The quantitative estimate of drug-likeness (QED) is 0.298. The van der Waals surface area contributed by atoms with E-state index in [1.54, 1.807) is 26.0 Å². The zero-order valence-electron chi connectivity index (χ0n) is 28.6. The molecule has 4 N–H and O–H groups in total. The summed E-state index contributed by atoms with van der Waals surface area (Å²) >= 11 is 0. The van der Waals surface area contributed by atoms with Crippen LogP contribution in [-0.4, -0.2) is 83.0 Å². The first-order valence-electron chi connectivity index (χ1n) is 15.9. The van der Waals surface area contributed by atoms with E-state index in [0.717, 1.165) is 11.1 Å². The van der Waals surface area contributed by atoms with E-state index in [1.165, 1.54) is 14.2 Å². The van der Waals surface area contributed by atoms with Crippen LogP contribution in [0.5, 0.6) is 0 Å². The third-order valence-electron chi connectivity index (χ3n) is 9.50. The first kappa shape index (κ1) is 38.2. The maximum absolute atomic E-state index is 13.5. The van der Waals surface area contributed by atoms with Crippen molar-refractivity contribution in [3.63, 3.8) is 0 Å². The molecular formula is C35H58O9. The summed E-state index contributed by atoms with van der Waals surface area (Å²) < 4.78 is 23.4. The molecule has 0 saturated carbocycles. The van der Waals surface area contributed by atoms with Crippen LogP contribution in [0.3, 0.4) is 0 Å². The lowest BCUT2D eigenvalue weighted by Gasteiger charge is -2.49. The van der Waals surface area contributed by atoms with Gasteiger partial charge in [0.1, 0.15) is 12.2 Å². The number of methoxy groups -OCH3 is 2.